The molecule has 4 rings (SSSR count). The molecule has 2 aromatic heterocycles. The zero-order valence-electron chi connectivity index (χ0n) is 15.2. The third-order valence-electron chi connectivity index (χ3n) is 4.49. The molecule has 1 aliphatic rings. The van der Waals surface area contributed by atoms with Crippen LogP contribution in [0.25, 0.3) is 10.9 Å². The number of pyridine rings is 1. The van der Waals surface area contributed by atoms with Gasteiger partial charge in [-0.3, -0.25) is 4.79 Å². The van der Waals surface area contributed by atoms with Crippen LogP contribution in [0.15, 0.2) is 46.3 Å². The van der Waals surface area contributed by atoms with Crippen molar-refractivity contribution >= 4 is 38.1 Å². The average molecular weight is 401 g/mol. The third kappa shape index (κ3) is 3.69. The van der Waals surface area contributed by atoms with Crippen molar-refractivity contribution in [2.45, 2.75) is 4.90 Å². The molecule has 146 valence electrons. The Morgan fingerprint density at radius 1 is 1.18 bits per heavy atom. The molecule has 1 aliphatic heterocycles. The molecular formula is C18H19N5O4S. The highest BCUT2D eigenvalue weighted by molar-refractivity contribution is 7.90. The minimum atomic E-state index is -3.28. The molecule has 9 nitrogen and oxygen atoms in total. The van der Waals surface area contributed by atoms with Crippen LogP contribution in [0.4, 0.5) is 17.3 Å². The second kappa shape index (κ2) is 7.21. The lowest BCUT2D eigenvalue weighted by Crippen LogP contribution is -2.36. The lowest BCUT2D eigenvalue weighted by atomic mass is 10.2. The van der Waals surface area contributed by atoms with Crippen molar-refractivity contribution in [2.75, 3.05) is 42.8 Å². The summed E-state index contributed by atoms with van der Waals surface area (Å²) < 4.78 is 28.7. The number of nitrogens with zero attached hydrogens (tertiary/aromatic N) is 3. The Labute approximate surface area is 161 Å². The number of sulfone groups is 1. The number of anilines is 3. The second-order valence-electron chi connectivity index (χ2n) is 6.48. The van der Waals surface area contributed by atoms with Gasteiger partial charge in [-0.25, -0.2) is 18.4 Å². The Bertz CT molecular complexity index is 1170. The Kier molecular flexibility index (Phi) is 4.73. The number of morpholine rings is 1. The maximum atomic E-state index is 12.4. The van der Waals surface area contributed by atoms with Gasteiger partial charge in [0.15, 0.2) is 9.84 Å². The van der Waals surface area contributed by atoms with E-state index >= 15 is 0 Å². The first-order chi connectivity index (χ1) is 13.4. The van der Waals surface area contributed by atoms with Gasteiger partial charge >= 0.3 is 0 Å². The first-order valence-corrected chi connectivity index (χ1v) is 10.6. The van der Waals surface area contributed by atoms with E-state index in [2.05, 4.69) is 25.2 Å². The first-order valence-electron chi connectivity index (χ1n) is 8.70. The number of H-pyrrole nitrogens is 1. The number of hydrogen-bond acceptors (Lipinski definition) is 8. The maximum absolute atomic E-state index is 12.4. The van der Waals surface area contributed by atoms with E-state index in [0.717, 1.165) is 6.26 Å². The molecule has 0 radical (unpaired) electrons. The quantitative estimate of drug-likeness (QED) is 0.672. The van der Waals surface area contributed by atoms with Crippen LogP contribution in [0.2, 0.25) is 0 Å². The fourth-order valence-corrected chi connectivity index (χ4v) is 3.67. The fraction of sp³-hybridized carbons (Fsp3) is 0.278. The summed E-state index contributed by atoms with van der Waals surface area (Å²) in [5.41, 5.74) is 0.834. The highest BCUT2D eigenvalue weighted by Crippen LogP contribution is 2.26. The van der Waals surface area contributed by atoms with Gasteiger partial charge in [-0.1, -0.05) is 0 Å². The van der Waals surface area contributed by atoms with Crippen LogP contribution in [0.5, 0.6) is 0 Å². The van der Waals surface area contributed by atoms with Gasteiger partial charge in [-0.2, -0.15) is 0 Å². The molecule has 0 saturated carbocycles. The largest absolute Gasteiger partial charge is 0.378 e. The van der Waals surface area contributed by atoms with Crippen LogP contribution in [-0.4, -0.2) is 55.9 Å². The molecular weight excluding hydrogens is 382 g/mol. The van der Waals surface area contributed by atoms with Crippen LogP contribution >= 0.6 is 0 Å². The number of hydrogen-bond donors (Lipinski definition) is 2. The molecule has 0 aliphatic carbocycles. The zero-order valence-corrected chi connectivity index (χ0v) is 16.0. The van der Waals surface area contributed by atoms with Gasteiger partial charge in [-0.15, -0.1) is 0 Å². The van der Waals surface area contributed by atoms with Gasteiger partial charge in [0.05, 0.1) is 30.0 Å². The molecule has 10 heteroatoms. The SMILES string of the molecule is CS(=O)(=O)c1ccc(Nc2nc(N3CCOCC3)cc3nc[nH]c(=O)c23)cc1. The summed E-state index contributed by atoms with van der Waals surface area (Å²) in [6.07, 6.45) is 2.51. The Balaban J connectivity index is 1.77. The summed E-state index contributed by atoms with van der Waals surface area (Å²) in [4.78, 5) is 26.1. The Morgan fingerprint density at radius 2 is 1.89 bits per heavy atom. The molecule has 2 N–H and O–H groups in total. The van der Waals surface area contributed by atoms with Crippen molar-refractivity contribution < 1.29 is 13.2 Å². The number of rotatable bonds is 4. The van der Waals surface area contributed by atoms with Crippen molar-refractivity contribution in [1.82, 2.24) is 15.0 Å². The van der Waals surface area contributed by atoms with E-state index in [4.69, 9.17) is 4.74 Å². The second-order valence-corrected chi connectivity index (χ2v) is 8.49. The van der Waals surface area contributed by atoms with Gasteiger partial charge in [0.2, 0.25) is 0 Å². The molecule has 0 unspecified atom stereocenters. The van der Waals surface area contributed by atoms with Gasteiger partial charge in [0.1, 0.15) is 17.0 Å². The third-order valence-corrected chi connectivity index (χ3v) is 5.62. The van der Waals surface area contributed by atoms with Crippen molar-refractivity contribution in [2.24, 2.45) is 0 Å². The predicted molar refractivity (Wildman–Crippen MR) is 106 cm³/mol. The molecule has 1 aromatic carbocycles. The van der Waals surface area contributed by atoms with E-state index in [0.29, 0.717) is 54.5 Å². The Hall–Kier alpha value is -2.98. The molecule has 1 saturated heterocycles. The predicted octanol–water partition coefficient (Wildman–Crippen LogP) is 1.30. The molecule has 3 aromatic rings. The summed E-state index contributed by atoms with van der Waals surface area (Å²) in [6.45, 7) is 2.62. The number of nitrogens with one attached hydrogen (secondary N) is 2. The smallest absolute Gasteiger partial charge is 0.262 e. The van der Waals surface area contributed by atoms with Gasteiger partial charge in [-0.05, 0) is 24.3 Å². The summed E-state index contributed by atoms with van der Waals surface area (Å²) in [7, 11) is -3.28. The molecule has 3 heterocycles. The topological polar surface area (TPSA) is 117 Å². The summed E-state index contributed by atoms with van der Waals surface area (Å²) in [5, 5.41) is 3.46. The number of aromatic nitrogens is 3. The lowest BCUT2D eigenvalue weighted by Gasteiger charge is -2.28. The van der Waals surface area contributed by atoms with Crippen LogP contribution in [-0.2, 0) is 14.6 Å². The molecule has 1 fully saturated rings. The standard InChI is InChI=1S/C18H19N5O4S/c1-28(25,26)13-4-2-12(3-5-13)21-17-16-14(19-11-20-18(16)24)10-15(22-17)23-6-8-27-9-7-23/h2-5,10-11H,6-9H2,1H3,(H,21,22)(H,19,20,24). The average Bonchev–Trinajstić information content (AvgIpc) is 2.68. The summed E-state index contributed by atoms with van der Waals surface area (Å²) in [6, 6.07) is 8.07. The molecule has 0 atom stereocenters. The molecule has 0 amide bonds. The van der Waals surface area contributed by atoms with Crippen molar-refractivity contribution in [1.29, 1.82) is 0 Å². The van der Waals surface area contributed by atoms with Gasteiger partial charge < -0.3 is 19.9 Å². The fourth-order valence-electron chi connectivity index (χ4n) is 3.04. The first kappa shape index (κ1) is 18.4. The van der Waals surface area contributed by atoms with Crippen LogP contribution in [0.1, 0.15) is 0 Å². The number of fused-ring (bicyclic) bond motifs is 1. The van der Waals surface area contributed by atoms with Gasteiger partial charge in [0, 0.05) is 31.1 Å². The number of benzene rings is 1. The monoisotopic (exact) mass is 401 g/mol. The number of ether oxygens (including phenoxy) is 1. The van der Waals surface area contributed by atoms with E-state index in [-0.39, 0.29) is 10.5 Å². The maximum Gasteiger partial charge on any atom is 0.262 e. The Morgan fingerprint density at radius 3 is 2.57 bits per heavy atom. The summed E-state index contributed by atoms with van der Waals surface area (Å²) >= 11 is 0. The lowest BCUT2D eigenvalue weighted by molar-refractivity contribution is 0.122. The normalized spacial score (nSPS) is 15.0. The minimum Gasteiger partial charge on any atom is -0.378 e. The molecule has 0 spiro atoms. The van der Waals surface area contributed by atoms with Crippen molar-refractivity contribution in [3.8, 4) is 0 Å². The van der Waals surface area contributed by atoms with E-state index in [1.807, 2.05) is 0 Å². The van der Waals surface area contributed by atoms with E-state index < -0.39 is 9.84 Å². The van der Waals surface area contributed by atoms with Crippen LogP contribution in [0.3, 0.4) is 0 Å². The highest BCUT2D eigenvalue weighted by Gasteiger charge is 2.17. The number of aromatic amines is 1. The van der Waals surface area contributed by atoms with Crippen molar-refractivity contribution in [3.05, 3.63) is 47.0 Å². The van der Waals surface area contributed by atoms with E-state index in [9.17, 15) is 13.2 Å². The van der Waals surface area contributed by atoms with Gasteiger partial charge in [0.25, 0.3) is 5.56 Å². The van der Waals surface area contributed by atoms with Crippen LogP contribution < -0.4 is 15.8 Å². The summed E-state index contributed by atoms with van der Waals surface area (Å²) in [5.74, 6) is 1.06. The van der Waals surface area contributed by atoms with E-state index in [1.54, 1.807) is 18.2 Å². The zero-order chi connectivity index (χ0) is 19.7. The molecule has 0 bridgehead atoms. The highest BCUT2D eigenvalue weighted by atomic mass is 32.2. The van der Waals surface area contributed by atoms with E-state index in [1.165, 1.54) is 18.5 Å². The van der Waals surface area contributed by atoms with Crippen LogP contribution in [0, 0.1) is 0 Å². The van der Waals surface area contributed by atoms with Crippen molar-refractivity contribution in [3.63, 3.8) is 0 Å². The molecule has 28 heavy (non-hydrogen) atoms. The minimum absolute atomic E-state index is 0.220.